The maximum absolute atomic E-state index is 12.0. The molecule has 5 nitrogen and oxygen atoms in total. The average Bonchev–Trinajstić information content (AvgIpc) is 2.93. The predicted molar refractivity (Wildman–Crippen MR) is 86.4 cm³/mol. The summed E-state index contributed by atoms with van der Waals surface area (Å²) in [6, 6.07) is 7.70. The molecule has 1 aliphatic heterocycles. The lowest BCUT2D eigenvalue weighted by molar-refractivity contribution is 0.223. The second kappa shape index (κ2) is 6.79. The molecule has 3 rings (SSSR count). The first-order valence-corrected chi connectivity index (χ1v) is 8.27. The molecule has 6 heteroatoms. The molecular formula is C16H19N3O2S. The number of aromatic nitrogens is 1. The van der Waals surface area contributed by atoms with Crippen LogP contribution in [0.3, 0.4) is 0 Å². The Bertz CT molecular complexity index is 656. The lowest BCUT2D eigenvalue weighted by Gasteiger charge is -2.26. The molecule has 1 aliphatic rings. The van der Waals surface area contributed by atoms with Crippen LogP contribution in [0.15, 0.2) is 29.6 Å². The van der Waals surface area contributed by atoms with E-state index in [1.807, 2.05) is 36.6 Å². The number of benzene rings is 1. The molecule has 2 amide bonds. The van der Waals surface area contributed by atoms with Crippen LogP contribution in [0, 0.1) is 6.92 Å². The standard InChI is InChI=1S/C16H19N3O2S/c1-11-18-12(10-22-11)6-8-17-16(20)19-14-7-9-21-15-5-3-2-4-13(14)15/h2-5,10,14H,6-9H2,1H3,(H2,17,19,20)/t14-/m1/s1. The first kappa shape index (κ1) is 14.8. The molecule has 0 unspecified atom stereocenters. The molecule has 0 saturated carbocycles. The van der Waals surface area contributed by atoms with Crippen LogP contribution in [0.5, 0.6) is 5.75 Å². The van der Waals surface area contributed by atoms with Gasteiger partial charge in [-0.3, -0.25) is 0 Å². The van der Waals surface area contributed by atoms with Gasteiger partial charge in [-0.15, -0.1) is 11.3 Å². The molecule has 0 radical (unpaired) electrons. The van der Waals surface area contributed by atoms with Gasteiger partial charge in [-0.1, -0.05) is 18.2 Å². The van der Waals surface area contributed by atoms with Crippen molar-refractivity contribution < 1.29 is 9.53 Å². The molecule has 116 valence electrons. The first-order chi connectivity index (χ1) is 10.7. The molecule has 2 heterocycles. The number of nitrogens with one attached hydrogen (secondary N) is 2. The maximum atomic E-state index is 12.0. The van der Waals surface area contributed by atoms with E-state index in [1.165, 1.54) is 0 Å². The normalized spacial score (nSPS) is 16.5. The van der Waals surface area contributed by atoms with Crippen molar-refractivity contribution in [3.05, 3.63) is 45.9 Å². The van der Waals surface area contributed by atoms with Crippen LogP contribution < -0.4 is 15.4 Å². The van der Waals surface area contributed by atoms with Gasteiger partial charge in [-0.25, -0.2) is 9.78 Å². The maximum Gasteiger partial charge on any atom is 0.315 e. The number of nitrogens with zero attached hydrogens (tertiary/aromatic N) is 1. The average molecular weight is 317 g/mol. The molecule has 0 saturated heterocycles. The highest BCUT2D eigenvalue weighted by atomic mass is 32.1. The number of hydrogen-bond acceptors (Lipinski definition) is 4. The summed E-state index contributed by atoms with van der Waals surface area (Å²) in [7, 11) is 0. The van der Waals surface area contributed by atoms with Crippen molar-refractivity contribution in [3.8, 4) is 5.75 Å². The zero-order valence-electron chi connectivity index (χ0n) is 12.5. The Morgan fingerprint density at radius 3 is 3.14 bits per heavy atom. The van der Waals surface area contributed by atoms with Gasteiger partial charge >= 0.3 is 6.03 Å². The van der Waals surface area contributed by atoms with Gasteiger partial charge in [0.15, 0.2) is 0 Å². The number of urea groups is 1. The van der Waals surface area contributed by atoms with Crippen LogP contribution in [0.4, 0.5) is 4.79 Å². The molecule has 2 N–H and O–H groups in total. The minimum Gasteiger partial charge on any atom is -0.493 e. The van der Waals surface area contributed by atoms with Crippen LogP contribution in [-0.4, -0.2) is 24.2 Å². The summed E-state index contributed by atoms with van der Waals surface area (Å²) in [6.45, 7) is 3.19. The van der Waals surface area contributed by atoms with Gasteiger partial charge in [-0.05, 0) is 13.0 Å². The van der Waals surface area contributed by atoms with Crippen LogP contribution >= 0.6 is 11.3 Å². The highest BCUT2D eigenvalue weighted by Crippen LogP contribution is 2.31. The summed E-state index contributed by atoms with van der Waals surface area (Å²) in [5, 5.41) is 9.00. The van der Waals surface area contributed by atoms with Gasteiger partial charge < -0.3 is 15.4 Å². The zero-order valence-corrected chi connectivity index (χ0v) is 13.3. The number of hydrogen-bond donors (Lipinski definition) is 2. The van der Waals surface area contributed by atoms with Gasteiger partial charge in [0.25, 0.3) is 0 Å². The Kier molecular flexibility index (Phi) is 4.58. The molecule has 1 aromatic carbocycles. The highest BCUT2D eigenvalue weighted by molar-refractivity contribution is 7.09. The minimum atomic E-state index is -0.145. The van der Waals surface area contributed by atoms with Crippen LogP contribution in [0.2, 0.25) is 0 Å². The van der Waals surface area contributed by atoms with Crippen molar-refractivity contribution >= 4 is 17.4 Å². The van der Waals surface area contributed by atoms with Crippen molar-refractivity contribution in [3.63, 3.8) is 0 Å². The number of amides is 2. The third kappa shape index (κ3) is 3.57. The van der Waals surface area contributed by atoms with Gasteiger partial charge in [0.2, 0.25) is 0 Å². The summed E-state index contributed by atoms with van der Waals surface area (Å²) in [5.41, 5.74) is 2.07. The second-order valence-corrected chi connectivity index (χ2v) is 6.30. The third-order valence-corrected chi connectivity index (χ3v) is 4.42. The first-order valence-electron chi connectivity index (χ1n) is 7.39. The smallest absolute Gasteiger partial charge is 0.315 e. The summed E-state index contributed by atoms with van der Waals surface area (Å²) < 4.78 is 5.60. The van der Waals surface area contributed by atoms with E-state index in [0.717, 1.165) is 34.9 Å². The number of aryl methyl sites for hydroxylation is 1. The van der Waals surface area contributed by atoms with E-state index in [4.69, 9.17) is 4.74 Å². The number of thiazole rings is 1. The second-order valence-electron chi connectivity index (χ2n) is 5.24. The van der Waals surface area contributed by atoms with Crippen molar-refractivity contribution in [2.75, 3.05) is 13.2 Å². The Labute approximate surface area is 133 Å². The molecule has 0 fully saturated rings. The highest BCUT2D eigenvalue weighted by Gasteiger charge is 2.22. The van der Waals surface area contributed by atoms with E-state index < -0.39 is 0 Å². The number of rotatable bonds is 4. The largest absolute Gasteiger partial charge is 0.493 e. The Morgan fingerprint density at radius 2 is 2.32 bits per heavy atom. The molecule has 1 aromatic heterocycles. The van der Waals surface area contributed by atoms with Gasteiger partial charge in [0, 0.05) is 30.3 Å². The van der Waals surface area contributed by atoms with E-state index in [2.05, 4.69) is 15.6 Å². The minimum absolute atomic E-state index is 0.00599. The fourth-order valence-electron chi connectivity index (χ4n) is 2.53. The monoisotopic (exact) mass is 317 g/mol. The number of fused-ring (bicyclic) bond motifs is 1. The zero-order chi connectivity index (χ0) is 15.4. The number of carbonyl (C=O) groups excluding carboxylic acids is 1. The number of carbonyl (C=O) groups is 1. The van der Waals surface area contributed by atoms with Gasteiger partial charge in [-0.2, -0.15) is 0 Å². The number of para-hydroxylation sites is 1. The van der Waals surface area contributed by atoms with Gasteiger partial charge in [0.1, 0.15) is 5.75 Å². The fraction of sp³-hybridized carbons (Fsp3) is 0.375. The van der Waals surface area contributed by atoms with Crippen LogP contribution in [0.25, 0.3) is 0 Å². The van der Waals surface area contributed by atoms with Crippen molar-refractivity contribution in [1.29, 1.82) is 0 Å². The van der Waals surface area contributed by atoms with E-state index in [0.29, 0.717) is 13.2 Å². The van der Waals surface area contributed by atoms with E-state index >= 15 is 0 Å². The quantitative estimate of drug-likeness (QED) is 0.911. The lowest BCUT2D eigenvalue weighted by atomic mass is 10.0. The van der Waals surface area contributed by atoms with Crippen molar-refractivity contribution in [1.82, 2.24) is 15.6 Å². The SMILES string of the molecule is Cc1nc(CCNC(=O)N[C@@H]2CCOc3ccccc32)cs1. The van der Waals surface area contributed by atoms with Crippen molar-refractivity contribution in [2.24, 2.45) is 0 Å². The topological polar surface area (TPSA) is 63.2 Å². The molecule has 0 aliphatic carbocycles. The molecule has 2 aromatic rings. The van der Waals surface area contributed by atoms with Gasteiger partial charge in [0.05, 0.1) is 23.4 Å². The van der Waals surface area contributed by atoms with Crippen LogP contribution in [-0.2, 0) is 6.42 Å². The fourth-order valence-corrected chi connectivity index (χ4v) is 3.18. The molecule has 22 heavy (non-hydrogen) atoms. The Balaban J connectivity index is 1.50. The molecule has 0 spiro atoms. The molecule has 0 bridgehead atoms. The van der Waals surface area contributed by atoms with E-state index in [-0.39, 0.29) is 12.1 Å². The summed E-state index contributed by atoms with van der Waals surface area (Å²) >= 11 is 1.63. The van der Waals surface area contributed by atoms with Crippen molar-refractivity contribution in [2.45, 2.75) is 25.8 Å². The predicted octanol–water partition coefficient (Wildman–Crippen LogP) is 2.82. The van der Waals surface area contributed by atoms with E-state index in [1.54, 1.807) is 11.3 Å². The van der Waals surface area contributed by atoms with Crippen LogP contribution in [0.1, 0.15) is 28.7 Å². The lowest BCUT2D eigenvalue weighted by Crippen LogP contribution is -2.40. The van der Waals surface area contributed by atoms with E-state index in [9.17, 15) is 4.79 Å². The molecule has 1 atom stereocenters. The summed E-state index contributed by atoms with van der Waals surface area (Å²) in [4.78, 5) is 16.4. The number of ether oxygens (including phenoxy) is 1. The molecular weight excluding hydrogens is 298 g/mol. The third-order valence-electron chi connectivity index (χ3n) is 3.60. The Hall–Kier alpha value is -2.08. The Morgan fingerprint density at radius 1 is 1.45 bits per heavy atom. The summed E-state index contributed by atoms with van der Waals surface area (Å²) in [6.07, 6.45) is 1.54. The summed E-state index contributed by atoms with van der Waals surface area (Å²) in [5.74, 6) is 0.858.